The zero-order valence-corrected chi connectivity index (χ0v) is 13.3. The Labute approximate surface area is 141 Å². The van der Waals surface area contributed by atoms with Crippen LogP contribution in [0, 0.1) is 0 Å². The van der Waals surface area contributed by atoms with Crippen LogP contribution in [-0.2, 0) is 13.2 Å². The maximum absolute atomic E-state index is 12.3. The van der Waals surface area contributed by atoms with Crippen molar-refractivity contribution < 1.29 is 9.53 Å². The van der Waals surface area contributed by atoms with Crippen molar-refractivity contribution in [2.45, 2.75) is 13.2 Å². The molecule has 0 aliphatic rings. The minimum atomic E-state index is -0.107. The quantitative estimate of drug-likeness (QED) is 0.740. The zero-order chi connectivity index (χ0) is 16.6. The Morgan fingerprint density at radius 2 is 1.46 bits per heavy atom. The molecule has 3 nitrogen and oxygen atoms in total. The molecule has 0 saturated carbocycles. The number of ether oxygens (including phenoxy) is 1. The molecule has 120 valence electrons. The van der Waals surface area contributed by atoms with Crippen molar-refractivity contribution in [3.8, 4) is 5.75 Å². The topological polar surface area (TPSA) is 38.3 Å². The van der Waals surface area contributed by atoms with Crippen molar-refractivity contribution in [3.05, 3.63) is 102 Å². The van der Waals surface area contributed by atoms with Gasteiger partial charge in [0.05, 0.1) is 0 Å². The van der Waals surface area contributed by atoms with Gasteiger partial charge < -0.3 is 10.1 Å². The van der Waals surface area contributed by atoms with Crippen LogP contribution < -0.4 is 10.1 Å². The number of benzene rings is 3. The molecule has 1 amide bonds. The van der Waals surface area contributed by atoms with E-state index in [9.17, 15) is 4.79 Å². The number of rotatable bonds is 6. The molecule has 0 fully saturated rings. The summed E-state index contributed by atoms with van der Waals surface area (Å²) in [7, 11) is 0. The standard InChI is InChI=1S/C21H19NO2/c23-21(22-15-17-8-3-1-4-9-17)19-12-7-13-20(14-19)24-16-18-10-5-2-6-11-18/h1-14H,15-16H2,(H,22,23). The lowest BCUT2D eigenvalue weighted by molar-refractivity contribution is 0.0950. The van der Waals surface area contributed by atoms with Crippen molar-refractivity contribution in [2.75, 3.05) is 0 Å². The van der Waals surface area contributed by atoms with Gasteiger partial charge in [0.2, 0.25) is 0 Å². The van der Waals surface area contributed by atoms with E-state index in [1.807, 2.05) is 72.8 Å². The lowest BCUT2D eigenvalue weighted by atomic mass is 10.2. The molecular formula is C21H19NO2. The van der Waals surface area contributed by atoms with Gasteiger partial charge in [-0.3, -0.25) is 4.79 Å². The van der Waals surface area contributed by atoms with E-state index < -0.39 is 0 Å². The predicted octanol–water partition coefficient (Wildman–Crippen LogP) is 4.20. The minimum absolute atomic E-state index is 0.107. The van der Waals surface area contributed by atoms with Crippen LogP contribution in [0.3, 0.4) is 0 Å². The van der Waals surface area contributed by atoms with Crippen molar-refractivity contribution in [3.63, 3.8) is 0 Å². The molecule has 24 heavy (non-hydrogen) atoms. The number of nitrogens with one attached hydrogen (secondary N) is 1. The van der Waals surface area contributed by atoms with Gasteiger partial charge in [-0.1, -0.05) is 66.7 Å². The average Bonchev–Trinajstić information content (AvgIpc) is 2.66. The second kappa shape index (κ2) is 7.97. The summed E-state index contributed by atoms with van der Waals surface area (Å²) < 4.78 is 5.77. The number of amides is 1. The fourth-order valence-electron chi connectivity index (χ4n) is 2.35. The van der Waals surface area contributed by atoms with Crippen LogP contribution in [0.2, 0.25) is 0 Å². The molecular weight excluding hydrogens is 298 g/mol. The Balaban J connectivity index is 1.59. The summed E-state index contributed by atoms with van der Waals surface area (Å²) in [6.07, 6.45) is 0. The molecule has 0 heterocycles. The van der Waals surface area contributed by atoms with Crippen LogP contribution in [0.4, 0.5) is 0 Å². The van der Waals surface area contributed by atoms with Gasteiger partial charge in [0.15, 0.2) is 0 Å². The molecule has 0 aliphatic carbocycles. The van der Waals surface area contributed by atoms with Gasteiger partial charge in [-0.05, 0) is 29.3 Å². The number of carbonyl (C=O) groups excluding carboxylic acids is 1. The molecule has 0 aliphatic heterocycles. The summed E-state index contributed by atoms with van der Waals surface area (Å²) in [6.45, 7) is 0.991. The fourth-order valence-corrected chi connectivity index (χ4v) is 2.35. The third-order valence-electron chi connectivity index (χ3n) is 3.64. The molecule has 0 spiro atoms. The van der Waals surface area contributed by atoms with Gasteiger partial charge in [0.25, 0.3) is 5.91 Å². The van der Waals surface area contributed by atoms with Crippen LogP contribution >= 0.6 is 0 Å². The van der Waals surface area contributed by atoms with Crippen molar-refractivity contribution in [2.24, 2.45) is 0 Å². The van der Waals surface area contributed by atoms with E-state index in [0.29, 0.717) is 24.5 Å². The first-order chi connectivity index (χ1) is 11.8. The normalized spacial score (nSPS) is 10.2. The minimum Gasteiger partial charge on any atom is -0.489 e. The highest BCUT2D eigenvalue weighted by molar-refractivity contribution is 5.94. The average molecular weight is 317 g/mol. The van der Waals surface area contributed by atoms with Gasteiger partial charge in [0.1, 0.15) is 12.4 Å². The maximum Gasteiger partial charge on any atom is 0.251 e. The molecule has 1 N–H and O–H groups in total. The Morgan fingerprint density at radius 3 is 2.17 bits per heavy atom. The monoisotopic (exact) mass is 317 g/mol. The van der Waals surface area contributed by atoms with E-state index in [1.54, 1.807) is 12.1 Å². The van der Waals surface area contributed by atoms with Crippen molar-refractivity contribution >= 4 is 5.91 Å². The largest absolute Gasteiger partial charge is 0.489 e. The first kappa shape index (κ1) is 15.8. The first-order valence-electron chi connectivity index (χ1n) is 7.90. The summed E-state index contributed by atoms with van der Waals surface area (Å²) in [5, 5.41) is 2.92. The molecule has 0 aromatic heterocycles. The second-order valence-corrected chi connectivity index (χ2v) is 5.47. The molecule has 3 aromatic carbocycles. The summed E-state index contributed by atoms with van der Waals surface area (Å²) in [6, 6.07) is 27.0. The third-order valence-corrected chi connectivity index (χ3v) is 3.64. The van der Waals surface area contributed by atoms with E-state index in [1.165, 1.54) is 0 Å². The molecule has 3 heteroatoms. The van der Waals surface area contributed by atoms with Crippen LogP contribution in [-0.4, -0.2) is 5.91 Å². The second-order valence-electron chi connectivity index (χ2n) is 5.47. The molecule has 0 atom stereocenters. The maximum atomic E-state index is 12.3. The number of carbonyl (C=O) groups is 1. The summed E-state index contributed by atoms with van der Waals surface area (Å²) >= 11 is 0. The number of hydrogen-bond acceptors (Lipinski definition) is 2. The molecule has 3 aromatic rings. The molecule has 0 unspecified atom stereocenters. The van der Waals surface area contributed by atoms with Gasteiger partial charge in [-0.25, -0.2) is 0 Å². The van der Waals surface area contributed by atoms with Crippen LogP contribution in [0.1, 0.15) is 21.5 Å². The van der Waals surface area contributed by atoms with E-state index in [4.69, 9.17) is 4.74 Å². The van der Waals surface area contributed by atoms with E-state index in [0.717, 1.165) is 11.1 Å². The molecule has 3 rings (SSSR count). The van der Waals surface area contributed by atoms with Crippen molar-refractivity contribution in [1.29, 1.82) is 0 Å². The zero-order valence-electron chi connectivity index (χ0n) is 13.3. The highest BCUT2D eigenvalue weighted by Gasteiger charge is 2.06. The lowest BCUT2D eigenvalue weighted by Crippen LogP contribution is -2.22. The van der Waals surface area contributed by atoms with Gasteiger partial charge in [-0.2, -0.15) is 0 Å². The first-order valence-corrected chi connectivity index (χ1v) is 7.90. The molecule has 0 radical (unpaired) electrons. The van der Waals surface area contributed by atoms with E-state index in [-0.39, 0.29) is 5.91 Å². The van der Waals surface area contributed by atoms with Gasteiger partial charge in [0, 0.05) is 12.1 Å². The highest BCUT2D eigenvalue weighted by atomic mass is 16.5. The third kappa shape index (κ3) is 4.46. The Kier molecular flexibility index (Phi) is 5.25. The lowest BCUT2D eigenvalue weighted by Gasteiger charge is -2.09. The smallest absolute Gasteiger partial charge is 0.251 e. The van der Waals surface area contributed by atoms with Crippen molar-refractivity contribution in [1.82, 2.24) is 5.32 Å². The Bertz CT molecular complexity index is 785. The Morgan fingerprint density at radius 1 is 0.792 bits per heavy atom. The van der Waals surface area contributed by atoms with Gasteiger partial charge in [-0.15, -0.1) is 0 Å². The summed E-state index contributed by atoms with van der Waals surface area (Å²) in [4.78, 5) is 12.3. The van der Waals surface area contributed by atoms with Crippen LogP contribution in [0.15, 0.2) is 84.9 Å². The fraction of sp³-hybridized carbons (Fsp3) is 0.0952. The Hall–Kier alpha value is -3.07. The van der Waals surface area contributed by atoms with Gasteiger partial charge >= 0.3 is 0 Å². The summed E-state index contributed by atoms with van der Waals surface area (Å²) in [5.41, 5.74) is 2.76. The van der Waals surface area contributed by atoms with E-state index >= 15 is 0 Å². The SMILES string of the molecule is O=C(NCc1ccccc1)c1cccc(OCc2ccccc2)c1. The number of hydrogen-bond donors (Lipinski definition) is 1. The van der Waals surface area contributed by atoms with Crippen LogP contribution in [0.25, 0.3) is 0 Å². The molecule has 0 saturated heterocycles. The highest BCUT2D eigenvalue weighted by Crippen LogP contribution is 2.15. The predicted molar refractivity (Wildman–Crippen MR) is 94.8 cm³/mol. The van der Waals surface area contributed by atoms with Crippen LogP contribution in [0.5, 0.6) is 5.75 Å². The summed E-state index contributed by atoms with van der Waals surface area (Å²) in [5.74, 6) is 0.579. The van der Waals surface area contributed by atoms with E-state index in [2.05, 4.69) is 5.32 Å². The molecule has 0 bridgehead atoms.